The Morgan fingerprint density at radius 3 is 2.82 bits per heavy atom. The number of rotatable bonds is 6. The lowest BCUT2D eigenvalue weighted by Gasteiger charge is -2.17. The van der Waals surface area contributed by atoms with Gasteiger partial charge in [-0.1, -0.05) is 37.1 Å². The maximum absolute atomic E-state index is 11.0. The quantitative estimate of drug-likeness (QED) is 0.821. The van der Waals surface area contributed by atoms with Gasteiger partial charge in [-0.2, -0.15) is 0 Å². The summed E-state index contributed by atoms with van der Waals surface area (Å²) in [5.74, 6) is -0.618. The van der Waals surface area contributed by atoms with Crippen molar-refractivity contribution in [3.63, 3.8) is 0 Å². The standard InChI is InChI=1S/C12H16ClNO3/c1-2-4-10(12(15)16)17-11-8(7-14)5-3-6-9(11)13/h3,5-6,10H,2,4,7,14H2,1H3,(H,15,16). The molecule has 0 bridgehead atoms. The van der Waals surface area contributed by atoms with E-state index in [9.17, 15) is 4.79 Å². The molecule has 0 aromatic heterocycles. The Balaban J connectivity index is 2.95. The van der Waals surface area contributed by atoms with E-state index in [0.717, 1.165) is 6.42 Å². The Labute approximate surface area is 105 Å². The van der Waals surface area contributed by atoms with Gasteiger partial charge >= 0.3 is 5.97 Å². The minimum atomic E-state index is -0.991. The average Bonchev–Trinajstić information content (AvgIpc) is 2.30. The van der Waals surface area contributed by atoms with Crippen LogP contribution in [0.25, 0.3) is 0 Å². The molecule has 0 amide bonds. The van der Waals surface area contributed by atoms with Crippen LogP contribution in [0.15, 0.2) is 18.2 Å². The molecule has 1 unspecified atom stereocenters. The molecule has 1 atom stereocenters. The third-order valence-corrected chi connectivity index (χ3v) is 2.65. The van der Waals surface area contributed by atoms with Crippen LogP contribution in [0.5, 0.6) is 5.75 Å². The number of halogens is 1. The summed E-state index contributed by atoms with van der Waals surface area (Å²) in [5, 5.41) is 9.41. The summed E-state index contributed by atoms with van der Waals surface area (Å²) in [4.78, 5) is 11.0. The van der Waals surface area contributed by atoms with Crippen molar-refractivity contribution in [3.8, 4) is 5.75 Å². The molecule has 1 rings (SSSR count). The average molecular weight is 258 g/mol. The number of ether oxygens (including phenoxy) is 1. The van der Waals surface area contributed by atoms with Gasteiger partial charge in [0.25, 0.3) is 0 Å². The fraction of sp³-hybridized carbons (Fsp3) is 0.417. The number of carboxylic acid groups (broad SMARTS) is 1. The van der Waals surface area contributed by atoms with Crippen molar-refractivity contribution in [2.75, 3.05) is 0 Å². The number of hydrogen-bond acceptors (Lipinski definition) is 3. The van der Waals surface area contributed by atoms with Crippen LogP contribution in [0.3, 0.4) is 0 Å². The Hall–Kier alpha value is -1.26. The largest absolute Gasteiger partial charge is 0.479 e. The minimum Gasteiger partial charge on any atom is -0.479 e. The highest BCUT2D eigenvalue weighted by atomic mass is 35.5. The van der Waals surface area contributed by atoms with E-state index in [1.54, 1.807) is 18.2 Å². The van der Waals surface area contributed by atoms with Gasteiger partial charge < -0.3 is 15.6 Å². The van der Waals surface area contributed by atoms with Gasteiger partial charge in [0.15, 0.2) is 6.10 Å². The molecular weight excluding hydrogens is 242 g/mol. The summed E-state index contributed by atoms with van der Waals surface area (Å²) < 4.78 is 5.46. The van der Waals surface area contributed by atoms with Crippen LogP contribution in [0.4, 0.5) is 0 Å². The molecule has 1 aromatic rings. The second-order valence-corrected chi connectivity index (χ2v) is 4.07. The molecule has 3 N–H and O–H groups in total. The molecule has 0 aliphatic heterocycles. The number of hydrogen-bond donors (Lipinski definition) is 2. The zero-order valence-electron chi connectivity index (χ0n) is 9.65. The van der Waals surface area contributed by atoms with Gasteiger partial charge in [-0.25, -0.2) is 4.79 Å². The van der Waals surface area contributed by atoms with Crippen molar-refractivity contribution in [3.05, 3.63) is 28.8 Å². The minimum absolute atomic E-state index is 0.258. The van der Waals surface area contributed by atoms with Gasteiger partial charge in [0.05, 0.1) is 5.02 Å². The number of benzene rings is 1. The second-order valence-electron chi connectivity index (χ2n) is 3.67. The number of aliphatic carboxylic acids is 1. The fourth-order valence-electron chi connectivity index (χ4n) is 1.48. The summed E-state index contributed by atoms with van der Waals surface area (Å²) in [6, 6.07) is 5.18. The normalized spacial score (nSPS) is 12.2. The van der Waals surface area contributed by atoms with Gasteiger partial charge in [-0.05, 0) is 12.5 Å². The summed E-state index contributed by atoms with van der Waals surface area (Å²) in [5.41, 5.74) is 6.27. The van der Waals surface area contributed by atoms with Gasteiger partial charge in [0.2, 0.25) is 0 Å². The van der Waals surface area contributed by atoms with Crippen molar-refractivity contribution < 1.29 is 14.6 Å². The van der Waals surface area contributed by atoms with E-state index in [1.165, 1.54) is 0 Å². The van der Waals surface area contributed by atoms with Crippen LogP contribution in [0.2, 0.25) is 5.02 Å². The van der Waals surface area contributed by atoms with Crippen molar-refractivity contribution in [2.45, 2.75) is 32.4 Å². The number of para-hydroxylation sites is 1. The molecule has 4 nitrogen and oxygen atoms in total. The zero-order valence-corrected chi connectivity index (χ0v) is 10.4. The van der Waals surface area contributed by atoms with Crippen LogP contribution < -0.4 is 10.5 Å². The van der Waals surface area contributed by atoms with Crippen LogP contribution in [0.1, 0.15) is 25.3 Å². The molecule has 17 heavy (non-hydrogen) atoms. The first-order valence-electron chi connectivity index (χ1n) is 5.47. The second kappa shape index (κ2) is 6.47. The highest BCUT2D eigenvalue weighted by Gasteiger charge is 2.20. The van der Waals surface area contributed by atoms with Crippen molar-refractivity contribution in [2.24, 2.45) is 5.73 Å². The summed E-state index contributed by atoms with van der Waals surface area (Å²) >= 11 is 5.98. The molecule has 0 spiro atoms. The summed E-state index contributed by atoms with van der Waals surface area (Å²) in [6.45, 7) is 2.16. The van der Waals surface area contributed by atoms with Crippen LogP contribution in [0, 0.1) is 0 Å². The smallest absolute Gasteiger partial charge is 0.344 e. The topological polar surface area (TPSA) is 72.5 Å². The molecule has 0 saturated heterocycles. The molecule has 1 aromatic carbocycles. The Morgan fingerprint density at radius 2 is 2.29 bits per heavy atom. The Bertz CT molecular complexity index is 395. The van der Waals surface area contributed by atoms with Gasteiger partial charge in [-0.3, -0.25) is 0 Å². The van der Waals surface area contributed by atoms with E-state index in [2.05, 4.69) is 0 Å². The van der Waals surface area contributed by atoms with Crippen LogP contribution in [-0.4, -0.2) is 17.2 Å². The van der Waals surface area contributed by atoms with E-state index >= 15 is 0 Å². The molecule has 5 heteroatoms. The van der Waals surface area contributed by atoms with Crippen molar-refractivity contribution in [1.82, 2.24) is 0 Å². The molecule has 0 fully saturated rings. The van der Waals surface area contributed by atoms with E-state index < -0.39 is 12.1 Å². The number of carboxylic acids is 1. The SMILES string of the molecule is CCCC(Oc1c(Cl)cccc1CN)C(=O)O. The molecular formula is C12H16ClNO3. The van der Waals surface area contributed by atoms with Crippen LogP contribution >= 0.6 is 11.6 Å². The maximum Gasteiger partial charge on any atom is 0.344 e. The van der Waals surface area contributed by atoms with Gasteiger partial charge in [0.1, 0.15) is 5.75 Å². The Morgan fingerprint density at radius 1 is 1.59 bits per heavy atom. The molecule has 94 valence electrons. The van der Waals surface area contributed by atoms with E-state index in [-0.39, 0.29) is 6.54 Å². The third-order valence-electron chi connectivity index (χ3n) is 2.35. The summed E-state index contributed by atoms with van der Waals surface area (Å²) in [7, 11) is 0. The zero-order chi connectivity index (χ0) is 12.8. The monoisotopic (exact) mass is 257 g/mol. The van der Waals surface area contributed by atoms with E-state index in [1.807, 2.05) is 6.92 Å². The molecule has 0 heterocycles. The van der Waals surface area contributed by atoms with E-state index in [0.29, 0.717) is 22.8 Å². The number of carbonyl (C=O) groups is 1. The molecule has 0 radical (unpaired) electrons. The lowest BCUT2D eigenvalue weighted by molar-refractivity contribution is -0.145. The Kier molecular flexibility index (Phi) is 5.25. The van der Waals surface area contributed by atoms with Crippen LogP contribution in [-0.2, 0) is 11.3 Å². The lowest BCUT2D eigenvalue weighted by Crippen LogP contribution is -2.27. The number of nitrogens with two attached hydrogens (primary N) is 1. The lowest BCUT2D eigenvalue weighted by atomic mass is 10.1. The summed E-state index contributed by atoms with van der Waals surface area (Å²) in [6.07, 6.45) is 0.273. The van der Waals surface area contributed by atoms with Crippen molar-refractivity contribution >= 4 is 17.6 Å². The first kappa shape index (κ1) is 13.8. The molecule has 0 aliphatic rings. The highest BCUT2D eigenvalue weighted by Crippen LogP contribution is 2.29. The predicted octanol–water partition coefficient (Wildman–Crippen LogP) is 2.43. The van der Waals surface area contributed by atoms with E-state index in [4.69, 9.17) is 27.2 Å². The molecule has 0 aliphatic carbocycles. The first-order valence-corrected chi connectivity index (χ1v) is 5.84. The maximum atomic E-state index is 11.0. The third kappa shape index (κ3) is 3.61. The fourth-order valence-corrected chi connectivity index (χ4v) is 1.72. The van der Waals surface area contributed by atoms with Crippen molar-refractivity contribution in [1.29, 1.82) is 0 Å². The predicted molar refractivity (Wildman–Crippen MR) is 66.3 cm³/mol. The highest BCUT2D eigenvalue weighted by molar-refractivity contribution is 6.32. The van der Waals surface area contributed by atoms with Gasteiger partial charge in [-0.15, -0.1) is 0 Å². The first-order chi connectivity index (χ1) is 8.10. The molecule has 0 saturated carbocycles. The van der Waals surface area contributed by atoms with Gasteiger partial charge in [0, 0.05) is 12.1 Å².